The third-order valence-electron chi connectivity index (χ3n) is 6.00. The summed E-state index contributed by atoms with van der Waals surface area (Å²) in [4.78, 5) is 28.3. The van der Waals surface area contributed by atoms with E-state index in [1.165, 1.54) is 4.90 Å². The third-order valence-corrected chi connectivity index (χ3v) is 6.00. The summed E-state index contributed by atoms with van der Waals surface area (Å²) < 4.78 is 17.7. The monoisotopic (exact) mass is 465 g/mol. The van der Waals surface area contributed by atoms with Gasteiger partial charge in [0.05, 0.1) is 36.8 Å². The van der Waals surface area contributed by atoms with Crippen molar-refractivity contribution in [1.82, 2.24) is 4.90 Å². The van der Waals surface area contributed by atoms with Gasteiger partial charge in [-0.25, -0.2) is 0 Å². The van der Waals surface area contributed by atoms with E-state index in [2.05, 4.69) is 13.8 Å². The van der Waals surface area contributed by atoms with Gasteiger partial charge in [0.2, 0.25) is 5.76 Å². The Labute approximate surface area is 198 Å². The quantitative estimate of drug-likeness (QED) is 0.502. The standard InChI is InChI=1S/C27H31NO6/c1-5-32-22-15-18(7-9-21(22)33-13-10-16(2)3)24-23-25(30)19-14-17(4)6-8-20(19)34-26(23)27(31)28(24)11-12-29/h6-9,14-16,24,29H,5,10-13H2,1-4H3. The van der Waals surface area contributed by atoms with E-state index in [-0.39, 0.29) is 29.9 Å². The number of aryl methyl sites for hydroxylation is 1. The Balaban J connectivity index is 1.83. The maximum absolute atomic E-state index is 13.6. The Morgan fingerprint density at radius 3 is 2.59 bits per heavy atom. The molecule has 0 bridgehead atoms. The van der Waals surface area contributed by atoms with Crippen molar-refractivity contribution in [2.45, 2.75) is 40.2 Å². The number of carbonyl (C=O) groups excluding carboxylic acids is 1. The SMILES string of the molecule is CCOc1cc(C2c3c(oc4ccc(C)cc4c3=O)C(=O)N2CCO)ccc1OCCC(C)C. The number of hydrogen-bond acceptors (Lipinski definition) is 6. The topological polar surface area (TPSA) is 89.2 Å². The molecule has 7 nitrogen and oxygen atoms in total. The van der Waals surface area contributed by atoms with E-state index >= 15 is 0 Å². The van der Waals surface area contributed by atoms with Gasteiger partial charge in [-0.3, -0.25) is 9.59 Å². The predicted octanol–water partition coefficient (Wildman–Crippen LogP) is 4.46. The zero-order valence-corrected chi connectivity index (χ0v) is 20.1. The van der Waals surface area contributed by atoms with Crippen LogP contribution in [0.2, 0.25) is 0 Å². The summed E-state index contributed by atoms with van der Waals surface area (Å²) in [5.41, 5.74) is 2.03. The molecule has 0 saturated carbocycles. The molecule has 1 aromatic heterocycles. The van der Waals surface area contributed by atoms with Gasteiger partial charge in [-0.1, -0.05) is 31.5 Å². The molecule has 7 heteroatoms. The fraction of sp³-hybridized carbons (Fsp3) is 0.407. The highest BCUT2D eigenvalue weighted by atomic mass is 16.5. The van der Waals surface area contributed by atoms with Crippen LogP contribution in [-0.2, 0) is 0 Å². The maximum atomic E-state index is 13.6. The van der Waals surface area contributed by atoms with Crippen LogP contribution in [0.4, 0.5) is 0 Å². The molecule has 4 rings (SSSR count). The second-order valence-electron chi connectivity index (χ2n) is 8.97. The number of fused-ring (bicyclic) bond motifs is 2. The molecule has 0 radical (unpaired) electrons. The number of ether oxygens (including phenoxy) is 2. The average Bonchev–Trinajstić information content (AvgIpc) is 3.07. The van der Waals surface area contributed by atoms with E-state index < -0.39 is 11.9 Å². The van der Waals surface area contributed by atoms with Crippen molar-refractivity contribution in [2.75, 3.05) is 26.4 Å². The van der Waals surface area contributed by atoms with Crippen LogP contribution < -0.4 is 14.9 Å². The van der Waals surface area contributed by atoms with Gasteiger partial charge in [0.15, 0.2) is 16.9 Å². The molecule has 0 aliphatic carbocycles. The first-order valence-electron chi connectivity index (χ1n) is 11.7. The predicted molar refractivity (Wildman–Crippen MR) is 130 cm³/mol. The molecule has 2 aromatic carbocycles. The Morgan fingerprint density at radius 2 is 1.88 bits per heavy atom. The van der Waals surface area contributed by atoms with Crippen LogP contribution in [0.3, 0.4) is 0 Å². The molecule has 1 amide bonds. The fourth-order valence-corrected chi connectivity index (χ4v) is 4.31. The summed E-state index contributed by atoms with van der Waals surface area (Å²) in [6.45, 7) is 8.90. The number of aliphatic hydroxyl groups is 1. The molecule has 180 valence electrons. The van der Waals surface area contributed by atoms with Crippen molar-refractivity contribution in [2.24, 2.45) is 5.92 Å². The van der Waals surface area contributed by atoms with Crippen molar-refractivity contribution in [3.8, 4) is 11.5 Å². The van der Waals surface area contributed by atoms with Crippen LogP contribution in [0, 0.1) is 12.8 Å². The Hall–Kier alpha value is -3.32. The molecule has 0 spiro atoms. The highest BCUT2D eigenvalue weighted by Crippen LogP contribution is 2.41. The minimum Gasteiger partial charge on any atom is -0.490 e. The van der Waals surface area contributed by atoms with Gasteiger partial charge in [-0.15, -0.1) is 0 Å². The van der Waals surface area contributed by atoms with Gasteiger partial charge >= 0.3 is 0 Å². The number of carbonyl (C=O) groups is 1. The summed E-state index contributed by atoms with van der Waals surface area (Å²) in [5.74, 6) is 1.29. The summed E-state index contributed by atoms with van der Waals surface area (Å²) in [6.07, 6.45) is 0.912. The summed E-state index contributed by atoms with van der Waals surface area (Å²) in [7, 11) is 0. The molecule has 2 heterocycles. The maximum Gasteiger partial charge on any atom is 0.290 e. The molecule has 1 aliphatic heterocycles. The van der Waals surface area contributed by atoms with E-state index in [0.717, 1.165) is 12.0 Å². The Morgan fingerprint density at radius 1 is 1.09 bits per heavy atom. The summed E-state index contributed by atoms with van der Waals surface area (Å²) in [5, 5.41) is 10.1. The van der Waals surface area contributed by atoms with Gasteiger partial charge < -0.3 is 23.9 Å². The van der Waals surface area contributed by atoms with Crippen LogP contribution in [0.1, 0.15) is 60.5 Å². The average molecular weight is 466 g/mol. The first-order valence-corrected chi connectivity index (χ1v) is 11.7. The number of nitrogens with zero attached hydrogens (tertiary/aromatic N) is 1. The molecule has 1 unspecified atom stereocenters. The van der Waals surface area contributed by atoms with Gasteiger partial charge in [-0.2, -0.15) is 0 Å². The number of β-amino-alcohol motifs (C(OH)–C–C–N with tert-alkyl or cyclic N) is 1. The molecule has 34 heavy (non-hydrogen) atoms. The number of amides is 1. The highest BCUT2D eigenvalue weighted by molar-refractivity contribution is 5.99. The zero-order chi connectivity index (χ0) is 24.4. The molecular formula is C27H31NO6. The lowest BCUT2D eigenvalue weighted by atomic mass is 9.97. The van der Waals surface area contributed by atoms with Crippen molar-refractivity contribution in [1.29, 1.82) is 0 Å². The van der Waals surface area contributed by atoms with E-state index in [1.54, 1.807) is 12.1 Å². The lowest BCUT2D eigenvalue weighted by molar-refractivity contribution is 0.0691. The van der Waals surface area contributed by atoms with Crippen LogP contribution in [-0.4, -0.2) is 42.3 Å². The van der Waals surface area contributed by atoms with E-state index in [9.17, 15) is 14.7 Å². The van der Waals surface area contributed by atoms with Crippen molar-refractivity contribution < 1.29 is 23.8 Å². The van der Waals surface area contributed by atoms with Gasteiger partial charge in [-0.05, 0) is 56.0 Å². The van der Waals surface area contributed by atoms with Crippen LogP contribution in [0.5, 0.6) is 11.5 Å². The van der Waals surface area contributed by atoms with Gasteiger partial charge in [0.1, 0.15) is 5.58 Å². The smallest absolute Gasteiger partial charge is 0.290 e. The molecular weight excluding hydrogens is 434 g/mol. The first kappa shape index (κ1) is 23.8. The third kappa shape index (κ3) is 4.40. The van der Waals surface area contributed by atoms with Gasteiger partial charge in [0, 0.05) is 6.54 Å². The lowest BCUT2D eigenvalue weighted by Crippen LogP contribution is -2.32. The normalized spacial score (nSPS) is 15.3. The summed E-state index contributed by atoms with van der Waals surface area (Å²) in [6, 6.07) is 10.1. The molecule has 1 N–H and O–H groups in total. The van der Waals surface area contributed by atoms with Crippen LogP contribution in [0.25, 0.3) is 11.0 Å². The van der Waals surface area contributed by atoms with Crippen molar-refractivity contribution >= 4 is 16.9 Å². The molecule has 3 aromatic rings. The van der Waals surface area contributed by atoms with Gasteiger partial charge in [0.25, 0.3) is 5.91 Å². The number of rotatable bonds is 9. The molecule has 0 saturated heterocycles. The Kier molecular flexibility index (Phi) is 6.93. The highest BCUT2D eigenvalue weighted by Gasteiger charge is 2.42. The van der Waals surface area contributed by atoms with E-state index in [4.69, 9.17) is 13.9 Å². The fourth-order valence-electron chi connectivity index (χ4n) is 4.31. The van der Waals surface area contributed by atoms with Crippen LogP contribution >= 0.6 is 0 Å². The molecule has 1 aliphatic rings. The largest absolute Gasteiger partial charge is 0.490 e. The van der Waals surface area contributed by atoms with Crippen molar-refractivity contribution in [3.05, 3.63) is 69.1 Å². The van der Waals surface area contributed by atoms with Crippen LogP contribution in [0.15, 0.2) is 45.6 Å². The Bertz CT molecular complexity index is 1260. The van der Waals surface area contributed by atoms with E-state index in [1.807, 2.05) is 38.1 Å². The lowest BCUT2D eigenvalue weighted by Gasteiger charge is -2.25. The number of aliphatic hydroxyl groups excluding tert-OH is 1. The summed E-state index contributed by atoms with van der Waals surface area (Å²) >= 11 is 0. The number of hydrogen-bond donors (Lipinski definition) is 1. The van der Waals surface area contributed by atoms with Crippen molar-refractivity contribution in [3.63, 3.8) is 0 Å². The first-order chi connectivity index (χ1) is 16.3. The minimum absolute atomic E-state index is 0.0232. The second kappa shape index (κ2) is 9.89. The zero-order valence-electron chi connectivity index (χ0n) is 20.1. The molecule has 1 atom stereocenters. The minimum atomic E-state index is -0.695. The number of benzene rings is 2. The van der Waals surface area contributed by atoms with E-state index in [0.29, 0.717) is 47.2 Å². The second-order valence-corrected chi connectivity index (χ2v) is 8.97. The molecule has 0 fully saturated rings.